The zero-order valence-electron chi connectivity index (χ0n) is 15.5. The van der Waals surface area contributed by atoms with Gasteiger partial charge < -0.3 is 18.3 Å². The minimum atomic E-state index is -2.30. The molecule has 4 nitrogen and oxygen atoms in total. The Morgan fingerprint density at radius 3 is 1.43 bits per heavy atom. The first kappa shape index (κ1) is 19.4. The lowest BCUT2D eigenvalue weighted by Crippen LogP contribution is -2.58. The Kier molecular flexibility index (Phi) is 8.02. The summed E-state index contributed by atoms with van der Waals surface area (Å²) in [5, 5.41) is 0. The van der Waals surface area contributed by atoms with Gasteiger partial charge in [0.2, 0.25) is 0 Å². The summed E-state index contributed by atoms with van der Waals surface area (Å²) in [6, 6.07) is 0. The van der Waals surface area contributed by atoms with Crippen molar-refractivity contribution in [2.24, 2.45) is 11.8 Å². The average Bonchev–Trinajstić information content (AvgIpc) is 2.47. The summed E-state index contributed by atoms with van der Waals surface area (Å²) in [5.74, 6) is 1.25. The first-order chi connectivity index (χ1) is 11.2. The molecule has 2 saturated heterocycles. The molecule has 2 rings (SSSR count). The van der Waals surface area contributed by atoms with Crippen LogP contribution in [0.1, 0.15) is 52.4 Å². The maximum atomic E-state index is 6.32. The predicted octanol–water partition coefficient (Wildman–Crippen LogP) is 4.14. The van der Waals surface area contributed by atoms with E-state index in [-0.39, 0.29) is 0 Å². The van der Waals surface area contributed by atoms with Crippen LogP contribution in [0.4, 0.5) is 0 Å². The smallest absolute Gasteiger partial charge is 0.344 e. The van der Waals surface area contributed by atoms with Crippen molar-refractivity contribution in [3.05, 3.63) is 0 Å². The van der Waals surface area contributed by atoms with E-state index in [2.05, 4.69) is 13.8 Å². The molecule has 0 spiro atoms. The summed E-state index contributed by atoms with van der Waals surface area (Å²) in [6.45, 7) is 8.08. The summed E-state index contributed by atoms with van der Waals surface area (Å²) in [4.78, 5) is 0. The third kappa shape index (κ3) is 4.18. The molecule has 136 valence electrons. The fourth-order valence-corrected chi connectivity index (χ4v) is 9.15. The van der Waals surface area contributed by atoms with Gasteiger partial charge in [-0.1, -0.05) is 39.5 Å². The van der Waals surface area contributed by atoms with E-state index >= 15 is 0 Å². The second kappa shape index (κ2) is 9.52. The average molecular weight is 345 g/mol. The highest BCUT2D eigenvalue weighted by Gasteiger charge is 2.57. The Morgan fingerprint density at radius 1 is 0.826 bits per heavy atom. The molecule has 2 aliphatic heterocycles. The highest BCUT2D eigenvalue weighted by molar-refractivity contribution is 6.70. The summed E-state index contributed by atoms with van der Waals surface area (Å²) >= 11 is 0. The third-order valence-electron chi connectivity index (χ3n) is 5.87. The molecule has 2 aliphatic rings. The Labute approximate surface area is 143 Å². The van der Waals surface area contributed by atoms with Gasteiger partial charge >= 0.3 is 8.56 Å². The molecule has 2 fully saturated rings. The molecule has 2 unspecified atom stereocenters. The van der Waals surface area contributed by atoms with Gasteiger partial charge in [0.15, 0.2) is 0 Å². The van der Waals surface area contributed by atoms with Crippen LogP contribution < -0.4 is 0 Å². The lowest BCUT2D eigenvalue weighted by Gasteiger charge is -2.50. The molecule has 2 atom stereocenters. The highest BCUT2D eigenvalue weighted by Crippen LogP contribution is 2.50. The van der Waals surface area contributed by atoms with Gasteiger partial charge in [-0.15, -0.1) is 0 Å². The molecule has 0 saturated carbocycles. The lowest BCUT2D eigenvalue weighted by atomic mass is 9.98. The van der Waals surface area contributed by atoms with Crippen LogP contribution in [0.15, 0.2) is 0 Å². The van der Waals surface area contributed by atoms with Crippen LogP contribution in [0, 0.1) is 11.8 Å². The van der Waals surface area contributed by atoms with Crippen LogP contribution in [0.3, 0.4) is 0 Å². The van der Waals surface area contributed by atoms with Gasteiger partial charge in [0.1, 0.15) is 0 Å². The zero-order chi connectivity index (χ0) is 16.7. The van der Waals surface area contributed by atoms with E-state index < -0.39 is 8.56 Å². The topological polar surface area (TPSA) is 36.9 Å². The van der Waals surface area contributed by atoms with Crippen LogP contribution in [-0.4, -0.2) is 49.2 Å². The van der Waals surface area contributed by atoms with Gasteiger partial charge in [-0.25, -0.2) is 0 Å². The maximum absolute atomic E-state index is 6.32. The molecular weight excluding hydrogens is 308 g/mol. The van der Waals surface area contributed by atoms with Gasteiger partial charge in [0, 0.05) is 37.1 Å². The number of unbranched alkanes of at least 4 members (excludes halogenated alkanes) is 2. The van der Waals surface area contributed by atoms with Gasteiger partial charge in [0.05, 0.1) is 26.4 Å². The molecule has 0 aromatic rings. The predicted molar refractivity (Wildman–Crippen MR) is 94.9 cm³/mol. The van der Waals surface area contributed by atoms with Crippen molar-refractivity contribution in [1.82, 2.24) is 0 Å². The molecule has 0 amide bonds. The number of ether oxygens (including phenoxy) is 2. The zero-order valence-corrected chi connectivity index (χ0v) is 16.5. The van der Waals surface area contributed by atoms with E-state index in [9.17, 15) is 0 Å². The normalized spacial score (nSPS) is 22.4. The molecule has 2 heterocycles. The number of rotatable bonds is 12. The largest absolute Gasteiger partial charge is 0.397 e. The third-order valence-corrected chi connectivity index (χ3v) is 10.7. The van der Waals surface area contributed by atoms with E-state index in [1.54, 1.807) is 0 Å². The number of hydrogen-bond acceptors (Lipinski definition) is 4. The molecular formula is C18H36O4Si. The van der Waals surface area contributed by atoms with Gasteiger partial charge in [-0.3, -0.25) is 0 Å². The van der Waals surface area contributed by atoms with Crippen LogP contribution in [0.5, 0.6) is 0 Å². The molecule has 0 aromatic carbocycles. The van der Waals surface area contributed by atoms with E-state index in [0.29, 0.717) is 22.9 Å². The molecule has 23 heavy (non-hydrogen) atoms. The number of hydrogen-bond donors (Lipinski definition) is 0. The first-order valence-electron chi connectivity index (χ1n) is 9.49. The summed E-state index contributed by atoms with van der Waals surface area (Å²) in [6.07, 6.45) is 7.40. The Hall–Kier alpha value is 0.0569. The van der Waals surface area contributed by atoms with Crippen molar-refractivity contribution in [2.45, 2.75) is 63.5 Å². The van der Waals surface area contributed by atoms with Crippen LogP contribution in [-0.2, 0) is 18.3 Å². The van der Waals surface area contributed by atoms with E-state index in [4.69, 9.17) is 18.3 Å². The van der Waals surface area contributed by atoms with Crippen molar-refractivity contribution < 1.29 is 18.3 Å². The summed E-state index contributed by atoms with van der Waals surface area (Å²) < 4.78 is 23.7. The lowest BCUT2D eigenvalue weighted by molar-refractivity contribution is -0.0563. The molecule has 0 aromatic heterocycles. The van der Waals surface area contributed by atoms with Crippen molar-refractivity contribution in [3.8, 4) is 0 Å². The van der Waals surface area contributed by atoms with Gasteiger partial charge in [-0.2, -0.15) is 0 Å². The van der Waals surface area contributed by atoms with Crippen LogP contribution in [0.25, 0.3) is 0 Å². The maximum Gasteiger partial charge on any atom is 0.344 e. The van der Waals surface area contributed by atoms with Crippen molar-refractivity contribution in [2.75, 3.05) is 40.6 Å². The Morgan fingerprint density at radius 2 is 1.22 bits per heavy atom. The Balaban J connectivity index is 2.23. The van der Waals surface area contributed by atoms with Crippen LogP contribution in [0.2, 0.25) is 11.1 Å². The highest BCUT2D eigenvalue weighted by atomic mass is 28.4. The second-order valence-electron chi connectivity index (χ2n) is 7.22. The quantitative estimate of drug-likeness (QED) is 0.499. The molecule has 0 bridgehead atoms. The standard InChI is InChI=1S/C18H36O4Si/c1-5-7-9-17(15-11-21-12-15)23(19-3,20-4)18(10-8-6-2)16-13-22-14-16/h15-18H,5-14H2,1-4H3. The monoisotopic (exact) mass is 344 g/mol. The fraction of sp³-hybridized carbons (Fsp3) is 1.00. The van der Waals surface area contributed by atoms with Gasteiger partial charge in [-0.05, 0) is 12.8 Å². The van der Waals surface area contributed by atoms with Gasteiger partial charge in [0.25, 0.3) is 0 Å². The molecule has 0 aliphatic carbocycles. The van der Waals surface area contributed by atoms with E-state index in [1.165, 1.54) is 38.5 Å². The molecule has 0 N–H and O–H groups in total. The molecule has 0 radical (unpaired) electrons. The molecule has 5 heteroatoms. The van der Waals surface area contributed by atoms with Crippen molar-refractivity contribution >= 4 is 8.56 Å². The van der Waals surface area contributed by atoms with Crippen LogP contribution >= 0.6 is 0 Å². The van der Waals surface area contributed by atoms with Crippen molar-refractivity contribution in [3.63, 3.8) is 0 Å². The summed E-state index contributed by atoms with van der Waals surface area (Å²) in [5.41, 5.74) is 1.10. The minimum absolute atomic E-state index is 0.550. The van der Waals surface area contributed by atoms with Crippen molar-refractivity contribution in [1.29, 1.82) is 0 Å². The second-order valence-corrected chi connectivity index (χ2v) is 11.0. The Bertz CT molecular complexity index is 299. The van der Waals surface area contributed by atoms with E-state index in [1.807, 2.05) is 14.2 Å². The first-order valence-corrected chi connectivity index (χ1v) is 11.5. The minimum Gasteiger partial charge on any atom is -0.397 e. The SMILES string of the molecule is CCCCC(C1COC1)[Si](OC)(OC)C(CCCC)C1COC1. The fourth-order valence-electron chi connectivity index (χ4n) is 4.32. The summed E-state index contributed by atoms with van der Waals surface area (Å²) in [7, 11) is 1.49. The van der Waals surface area contributed by atoms with E-state index in [0.717, 1.165) is 26.4 Å².